The predicted octanol–water partition coefficient (Wildman–Crippen LogP) is 3.46. The molecule has 1 aromatic carbocycles. The number of carboxylic acid groups (broad SMARTS) is 1. The van der Waals surface area contributed by atoms with Gasteiger partial charge in [-0.05, 0) is 88.5 Å². The molecule has 3 aliphatic rings. The minimum atomic E-state index is -0.949. The molecule has 166 valence electrons. The lowest BCUT2D eigenvalue weighted by atomic mass is 9.79. The smallest absolute Gasteiger partial charge is 0.307 e. The summed E-state index contributed by atoms with van der Waals surface area (Å²) in [6.07, 6.45) is 6.34. The van der Waals surface area contributed by atoms with Crippen molar-refractivity contribution < 1.29 is 24.2 Å². The summed E-state index contributed by atoms with van der Waals surface area (Å²) in [5, 5.41) is 9.74. The second-order valence-corrected chi connectivity index (χ2v) is 9.13. The standard InChI is InChI=1S/C24H30N2O5/c1-13(2)19-17-11-12-18(19)21(24(29)30)20(17)23(28)26-25-22(27)14-7-9-16(10-8-14)31-15-5-3-4-6-15/h7-10,15,17-18,20-21H,3-6,11-12H2,1-2H3,(H,25,27)(H,26,28)(H,29,30)/t17-,18-,20-,21+/m1/s1. The second kappa shape index (κ2) is 8.73. The molecule has 0 heterocycles. The van der Waals surface area contributed by atoms with Crippen LogP contribution in [0.1, 0.15) is 62.7 Å². The molecule has 1 aromatic rings. The third kappa shape index (κ3) is 4.18. The highest BCUT2D eigenvalue weighted by molar-refractivity contribution is 5.96. The van der Waals surface area contributed by atoms with E-state index in [1.807, 2.05) is 13.8 Å². The fraction of sp³-hybridized carbons (Fsp3) is 0.542. The van der Waals surface area contributed by atoms with E-state index in [1.54, 1.807) is 24.3 Å². The lowest BCUT2D eigenvalue weighted by molar-refractivity contribution is -0.149. The number of amides is 2. The number of aliphatic carboxylic acids is 1. The number of rotatable bonds is 5. The summed E-state index contributed by atoms with van der Waals surface area (Å²) in [5.41, 5.74) is 7.51. The van der Waals surface area contributed by atoms with E-state index in [0.717, 1.165) is 42.6 Å². The van der Waals surface area contributed by atoms with Crippen molar-refractivity contribution in [2.24, 2.45) is 23.7 Å². The molecule has 4 atom stereocenters. The van der Waals surface area contributed by atoms with Crippen molar-refractivity contribution in [1.82, 2.24) is 10.9 Å². The summed E-state index contributed by atoms with van der Waals surface area (Å²) >= 11 is 0. The minimum absolute atomic E-state index is 0.0694. The molecule has 3 saturated carbocycles. The number of hydrogen-bond acceptors (Lipinski definition) is 4. The Morgan fingerprint density at radius 2 is 1.52 bits per heavy atom. The van der Waals surface area contributed by atoms with Gasteiger partial charge in [-0.25, -0.2) is 0 Å². The van der Waals surface area contributed by atoms with Gasteiger partial charge in [-0.3, -0.25) is 25.2 Å². The van der Waals surface area contributed by atoms with Crippen LogP contribution in [0, 0.1) is 23.7 Å². The zero-order chi connectivity index (χ0) is 22.1. The van der Waals surface area contributed by atoms with Crippen LogP contribution in [0.5, 0.6) is 5.75 Å². The summed E-state index contributed by atoms with van der Waals surface area (Å²) in [7, 11) is 0. The first-order valence-electron chi connectivity index (χ1n) is 11.1. The SMILES string of the molecule is CC(C)=C1[C@H]2CC[C@H]1[C@@H](C(=O)NNC(=O)c1ccc(OC3CCCC3)cc1)[C@H]2C(=O)O. The van der Waals surface area contributed by atoms with Gasteiger partial charge in [0.25, 0.3) is 5.91 Å². The predicted molar refractivity (Wildman–Crippen MR) is 114 cm³/mol. The zero-order valence-electron chi connectivity index (χ0n) is 18.0. The molecule has 0 unspecified atom stereocenters. The number of hydrazine groups is 1. The van der Waals surface area contributed by atoms with Gasteiger partial charge in [0.05, 0.1) is 17.9 Å². The maximum atomic E-state index is 12.9. The van der Waals surface area contributed by atoms with Crippen LogP contribution in [0.4, 0.5) is 0 Å². The average molecular weight is 427 g/mol. The second-order valence-electron chi connectivity index (χ2n) is 9.13. The number of benzene rings is 1. The summed E-state index contributed by atoms with van der Waals surface area (Å²) in [4.78, 5) is 37.2. The third-order valence-corrected chi connectivity index (χ3v) is 7.03. The van der Waals surface area contributed by atoms with Crippen LogP contribution < -0.4 is 15.6 Å². The van der Waals surface area contributed by atoms with Crippen LogP contribution in [0.3, 0.4) is 0 Å². The van der Waals surface area contributed by atoms with Gasteiger partial charge >= 0.3 is 5.97 Å². The van der Waals surface area contributed by atoms with Gasteiger partial charge in [0.2, 0.25) is 5.91 Å². The van der Waals surface area contributed by atoms with Crippen LogP contribution >= 0.6 is 0 Å². The van der Waals surface area contributed by atoms with Gasteiger partial charge in [0, 0.05) is 5.56 Å². The van der Waals surface area contributed by atoms with Gasteiger partial charge < -0.3 is 9.84 Å². The summed E-state index contributed by atoms with van der Waals surface area (Å²) in [6.45, 7) is 3.95. The molecule has 7 heteroatoms. The highest BCUT2D eigenvalue weighted by Gasteiger charge is 2.57. The number of carbonyl (C=O) groups excluding carboxylic acids is 2. The quantitative estimate of drug-likeness (QED) is 0.494. The lowest BCUT2D eigenvalue weighted by Gasteiger charge is -2.26. The van der Waals surface area contributed by atoms with Crippen molar-refractivity contribution in [3.63, 3.8) is 0 Å². The van der Waals surface area contributed by atoms with E-state index in [2.05, 4.69) is 10.9 Å². The fourth-order valence-electron chi connectivity index (χ4n) is 5.76. The Morgan fingerprint density at radius 1 is 0.903 bits per heavy atom. The summed E-state index contributed by atoms with van der Waals surface area (Å²) < 4.78 is 5.91. The number of ether oxygens (including phenoxy) is 1. The Kier molecular flexibility index (Phi) is 6.03. The molecule has 31 heavy (non-hydrogen) atoms. The summed E-state index contributed by atoms with van der Waals surface area (Å²) in [6, 6.07) is 6.83. The van der Waals surface area contributed by atoms with Gasteiger partial charge in [-0.2, -0.15) is 0 Å². The van der Waals surface area contributed by atoms with Crippen LogP contribution in [-0.4, -0.2) is 29.0 Å². The van der Waals surface area contributed by atoms with Crippen molar-refractivity contribution >= 4 is 17.8 Å². The Hall–Kier alpha value is -2.83. The molecular formula is C24H30N2O5. The molecule has 0 aliphatic heterocycles. The molecule has 7 nitrogen and oxygen atoms in total. The normalized spacial score (nSPS) is 27.2. The van der Waals surface area contributed by atoms with Gasteiger partial charge in [-0.15, -0.1) is 0 Å². The Bertz CT molecular complexity index is 897. The number of hydrogen-bond donors (Lipinski definition) is 3. The topological polar surface area (TPSA) is 105 Å². The van der Waals surface area contributed by atoms with E-state index in [-0.39, 0.29) is 17.9 Å². The Balaban J connectivity index is 1.37. The van der Waals surface area contributed by atoms with Crippen LogP contribution in [0.15, 0.2) is 35.4 Å². The zero-order valence-corrected chi connectivity index (χ0v) is 18.0. The number of fused-ring (bicyclic) bond motifs is 2. The van der Waals surface area contributed by atoms with E-state index in [9.17, 15) is 19.5 Å². The average Bonchev–Trinajstić information content (AvgIpc) is 3.47. The molecule has 0 aromatic heterocycles. The highest BCUT2D eigenvalue weighted by Crippen LogP contribution is 2.57. The maximum Gasteiger partial charge on any atom is 0.307 e. The van der Waals surface area contributed by atoms with Crippen LogP contribution in [0.2, 0.25) is 0 Å². The minimum Gasteiger partial charge on any atom is -0.490 e. The molecule has 4 rings (SSSR count). The van der Waals surface area contributed by atoms with Gasteiger partial charge in [0.15, 0.2) is 0 Å². The van der Waals surface area contributed by atoms with Crippen molar-refractivity contribution in [2.45, 2.75) is 58.5 Å². The first-order chi connectivity index (χ1) is 14.9. The van der Waals surface area contributed by atoms with Crippen molar-refractivity contribution in [3.8, 4) is 5.75 Å². The monoisotopic (exact) mass is 426 g/mol. The van der Waals surface area contributed by atoms with E-state index in [0.29, 0.717) is 5.56 Å². The molecule has 0 radical (unpaired) electrons. The molecule has 0 spiro atoms. The van der Waals surface area contributed by atoms with Gasteiger partial charge in [-0.1, -0.05) is 11.1 Å². The molecule has 3 N–H and O–H groups in total. The number of allylic oxidation sites excluding steroid dienone is 2. The number of carbonyl (C=O) groups is 3. The maximum absolute atomic E-state index is 12.9. The van der Waals surface area contributed by atoms with Crippen molar-refractivity contribution in [1.29, 1.82) is 0 Å². The highest BCUT2D eigenvalue weighted by atomic mass is 16.5. The van der Waals surface area contributed by atoms with Gasteiger partial charge in [0.1, 0.15) is 5.75 Å². The van der Waals surface area contributed by atoms with E-state index < -0.39 is 29.6 Å². The molecule has 2 amide bonds. The fourth-order valence-corrected chi connectivity index (χ4v) is 5.76. The Morgan fingerprint density at radius 3 is 2.10 bits per heavy atom. The summed E-state index contributed by atoms with van der Waals surface area (Å²) in [5.74, 6) is -2.67. The molecular weight excluding hydrogens is 396 g/mol. The Labute approximate surface area is 182 Å². The van der Waals surface area contributed by atoms with E-state index in [1.165, 1.54) is 12.8 Å². The van der Waals surface area contributed by atoms with Crippen LogP contribution in [0.25, 0.3) is 0 Å². The first kappa shape index (κ1) is 21.4. The number of nitrogens with one attached hydrogen (secondary N) is 2. The molecule has 3 aliphatic carbocycles. The molecule has 3 fully saturated rings. The first-order valence-corrected chi connectivity index (χ1v) is 11.1. The molecule has 2 bridgehead atoms. The van der Waals surface area contributed by atoms with E-state index >= 15 is 0 Å². The largest absolute Gasteiger partial charge is 0.490 e. The number of carboxylic acids is 1. The van der Waals surface area contributed by atoms with Crippen LogP contribution in [-0.2, 0) is 9.59 Å². The van der Waals surface area contributed by atoms with Crippen molar-refractivity contribution in [2.75, 3.05) is 0 Å². The molecule has 0 saturated heterocycles. The third-order valence-electron chi connectivity index (χ3n) is 7.03. The van der Waals surface area contributed by atoms with Crippen molar-refractivity contribution in [3.05, 3.63) is 41.0 Å². The van der Waals surface area contributed by atoms with E-state index in [4.69, 9.17) is 4.74 Å². The lowest BCUT2D eigenvalue weighted by Crippen LogP contribution is -2.48.